The molecule has 0 atom stereocenters. The molecule has 0 saturated carbocycles. The largest absolute Gasteiger partial charge is 0.351 e. The van der Waals surface area contributed by atoms with E-state index in [0.717, 1.165) is 0 Å². The van der Waals surface area contributed by atoms with E-state index in [-0.39, 0.29) is 23.0 Å². The number of hydrogen-bond acceptors (Lipinski definition) is 4. The van der Waals surface area contributed by atoms with Gasteiger partial charge < -0.3 is 10.6 Å². The molecule has 0 aliphatic rings. The molecule has 5 nitrogen and oxygen atoms in total. The summed E-state index contributed by atoms with van der Waals surface area (Å²) in [6.45, 7) is 8.54. The third kappa shape index (κ3) is 10.5. The van der Waals surface area contributed by atoms with E-state index in [0.29, 0.717) is 25.9 Å². The number of nitrogens with one attached hydrogen (secondary N) is 2. The third-order valence-corrected chi connectivity index (χ3v) is 4.00. The lowest BCUT2D eigenvalue weighted by Gasteiger charge is -2.20. The van der Waals surface area contributed by atoms with Gasteiger partial charge in [0.25, 0.3) is 0 Å². The van der Waals surface area contributed by atoms with Crippen molar-refractivity contribution in [3.63, 3.8) is 0 Å². The SMILES string of the molecule is CCCS(=O)(=O)CCNCCC(=O)NC(C)(C)C. The van der Waals surface area contributed by atoms with Crippen molar-refractivity contribution in [3.05, 3.63) is 0 Å². The Hall–Kier alpha value is -0.620. The quantitative estimate of drug-likeness (QED) is 0.641. The Balaban J connectivity index is 3.66. The van der Waals surface area contributed by atoms with Crippen LogP contribution in [0.3, 0.4) is 0 Å². The van der Waals surface area contributed by atoms with Crippen LogP contribution in [-0.2, 0) is 14.6 Å². The van der Waals surface area contributed by atoms with Gasteiger partial charge in [-0.1, -0.05) is 6.92 Å². The summed E-state index contributed by atoms with van der Waals surface area (Å²) in [5.41, 5.74) is -0.221. The molecule has 0 bridgehead atoms. The van der Waals surface area contributed by atoms with Crippen molar-refractivity contribution in [1.29, 1.82) is 0 Å². The topological polar surface area (TPSA) is 75.3 Å². The van der Waals surface area contributed by atoms with E-state index >= 15 is 0 Å². The molecule has 1 amide bonds. The van der Waals surface area contributed by atoms with Crippen LogP contribution in [0, 0.1) is 0 Å². The molecule has 0 aromatic rings. The Labute approximate surface area is 111 Å². The van der Waals surface area contributed by atoms with E-state index < -0.39 is 9.84 Å². The first kappa shape index (κ1) is 17.4. The summed E-state index contributed by atoms with van der Waals surface area (Å²) in [5, 5.41) is 5.83. The van der Waals surface area contributed by atoms with Crippen LogP contribution in [0.1, 0.15) is 40.5 Å². The smallest absolute Gasteiger partial charge is 0.221 e. The predicted octanol–water partition coefficient (Wildman–Crippen LogP) is 0.706. The number of hydrogen-bond donors (Lipinski definition) is 2. The lowest BCUT2D eigenvalue weighted by molar-refractivity contribution is -0.122. The van der Waals surface area contributed by atoms with Crippen molar-refractivity contribution in [3.8, 4) is 0 Å². The lowest BCUT2D eigenvalue weighted by atomic mass is 10.1. The van der Waals surface area contributed by atoms with Gasteiger partial charge in [0.1, 0.15) is 0 Å². The summed E-state index contributed by atoms with van der Waals surface area (Å²) < 4.78 is 22.8. The van der Waals surface area contributed by atoms with Gasteiger partial charge in [-0.3, -0.25) is 4.79 Å². The molecule has 0 spiro atoms. The molecular weight excluding hydrogens is 252 g/mol. The van der Waals surface area contributed by atoms with Crippen LogP contribution >= 0.6 is 0 Å². The molecule has 0 fully saturated rings. The summed E-state index contributed by atoms with van der Waals surface area (Å²) in [5.74, 6) is 0.354. The van der Waals surface area contributed by atoms with E-state index in [2.05, 4.69) is 10.6 Å². The first-order valence-electron chi connectivity index (χ1n) is 6.38. The minimum Gasteiger partial charge on any atom is -0.351 e. The molecule has 0 unspecified atom stereocenters. The van der Waals surface area contributed by atoms with Gasteiger partial charge in [0.15, 0.2) is 9.84 Å². The van der Waals surface area contributed by atoms with Gasteiger partial charge in [0.05, 0.1) is 5.75 Å². The summed E-state index contributed by atoms with van der Waals surface area (Å²) in [4.78, 5) is 11.5. The average Bonchev–Trinajstić information content (AvgIpc) is 2.13. The van der Waals surface area contributed by atoms with Gasteiger partial charge in [0, 0.05) is 30.8 Å². The monoisotopic (exact) mass is 278 g/mol. The van der Waals surface area contributed by atoms with Crippen LogP contribution in [0.15, 0.2) is 0 Å². The van der Waals surface area contributed by atoms with Crippen molar-refractivity contribution in [2.24, 2.45) is 0 Å². The van der Waals surface area contributed by atoms with Crippen molar-refractivity contribution in [2.45, 2.75) is 46.1 Å². The highest BCUT2D eigenvalue weighted by atomic mass is 32.2. The zero-order valence-electron chi connectivity index (χ0n) is 11.9. The van der Waals surface area contributed by atoms with Crippen molar-refractivity contribution in [2.75, 3.05) is 24.6 Å². The Morgan fingerprint density at radius 2 is 1.72 bits per heavy atom. The molecule has 0 aliphatic heterocycles. The second-order valence-corrected chi connectivity index (χ2v) is 7.75. The molecule has 0 saturated heterocycles. The van der Waals surface area contributed by atoms with E-state index in [1.165, 1.54) is 0 Å². The Morgan fingerprint density at radius 3 is 2.22 bits per heavy atom. The van der Waals surface area contributed by atoms with Crippen LogP contribution < -0.4 is 10.6 Å². The fourth-order valence-corrected chi connectivity index (χ4v) is 2.73. The van der Waals surface area contributed by atoms with Crippen LogP contribution in [0.25, 0.3) is 0 Å². The molecule has 18 heavy (non-hydrogen) atoms. The highest BCUT2D eigenvalue weighted by molar-refractivity contribution is 7.91. The van der Waals surface area contributed by atoms with Crippen LogP contribution in [-0.4, -0.2) is 44.5 Å². The Bertz CT molecular complexity index is 345. The molecule has 108 valence electrons. The van der Waals surface area contributed by atoms with Crippen molar-refractivity contribution >= 4 is 15.7 Å². The predicted molar refractivity (Wildman–Crippen MR) is 74.3 cm³/mol. The second-order valence-electron chi connectivity index (χ2n) is 5.45. The van der Waals surface area contributed by atoms with Gasteiger partial charge in [-0.15, -0.1) is 0 Å². The van der Waals surface area contributed by atoms with E-state index in [1.807, 2.05) is 27.7 Å². The normalized spacial score (nSPS) is 12.4. The molecule has 6 heteroatoms. The Kier molecular flexibility index (Phi) is 7.47. The molecule has 0 radical (unpaired) electrons. The summed E-state index contributed by atoms with van der Waals surface area (Å²) in [7, 11) is -2.92. The van der Waals surface area contributed by atoms with Crippen LogP contribution in [0.4, 0.5) is 0 Å². The minimum atomic E-state index is -2.92. The number of carbonyl (C=O) groups is 1. The van der Waals surface area contributed by atoms with Gasteiger partial charge in [-0.2, -0.15) is 0 Å². The molecule has 2 N–H and O–H groups in total. The zero-order valence-corrected chi connectivity index (χ0v) is 12.7. The average molecular weight is 278 g/mol. The van der Waals surface area contributed by atoms with Gasteiger partial charge in [-0.05, 0) is 27.2 Å². The first-order chi connectivity index (χ1) is 8.16. The van der Waals surface area contributed by atoms with Crippen molar-refractivity contribution < 1.29 is 13.2 Å². The maximum absolute atomic E-state index is 11.5. The fourth-order valence-electron chi connectivity index (χ4n) is 1.45. The fraction of sp³-hybridized carbons (Fsp3) is 0.917. The summed E-state index contributed by atoms with van der Waals surface area (Å²) in [6, 6.07) is 0. The number of carbonyl (C=O) groups excluding carboxylic acids is 1. The molecule has 0 aliphatic carbocycles. The summed E-state index contributed by atoms with van der Waals surface area (Å²) >= 11 is 0. The van der Waals surface area contributed by atoms with Crippen LogP contribution in [0.2, 0.25) is 0 Å². The standard InChI is InChI=1S/C12H26N2O3S/c1-5-9-18(16,17)10-8-13-7-6-11(15)14-12(2,3)4/h13H,5-10H2,1-4H3,(H,14,15). The van der Waals surface area contributed by atoms with Gasteiger partial charge in [-0.25, -0.2) is 8.42 Å². The van der Waals surface area contributed by atoms with E-state index in [9.17, 15) is 13.2 Å². The number of amides is 1. The number of rotatable bonds is 8. The molecule has 0 aromatic heterocycles. The lowest BCUT2D eigenvalue weighted by Crippen LogP contribution is -2.41. The third-order valence-electron chi connectivity index (χ3n) is 2.15. The van der Waals surface area contributed by atoms with Gasteiger partial charge in [0.2, 0.25) is 5.91 Å². The summed E-state index contributed by atoms with van der Waals surface area (Å²) in [6.07, 6.45) is 1.02. The number of sulfone groups is 1. The highest BCUT2D eigenvalue weighted by Gasteiger charge is 2.13. The molecule has 0 aromatic carbocycles. The second kappa shape index (κ2) is 7.74. The maximum Gasteiger partial charge on any atom is 0.221 e. The zero-order chi connectivity index (χ0) is 14.2. The van der Waals surface area contributed by atoms with E-state index in [4.69, 9.17) is 0 Å². The van der Waals surface area contributed by atoms with Crippen LogP contribution in [0.5, 0.6) is 0 Å². The first-order valence-corrected chi connectivity index (χ1v) is 8.20. The minimum absolute atomic E-state index is 0.0218. The Morgan fingerprint density at radius 1 is 1.11 bits per heavy atom. The molecule has 0 rings (SSSR count). The molecular formula is C12H26N2O3S. The highest BCUT2D eigenvalue weighted by Crippen LogP contribution is 1.98. The molecule has 0 heterocycles. The van der Waals surface area contributed by atoms with Gasteiger partial charge >= 0.3 is 0 Å². The van der Waals surface area contributed by atoms with Crippen molar-refractivity contribution in [1.82, 2.24) is 10.6 Å². The van der Waals surface area contributed by atoms with E-state index in [1.54, 1.807) is 0 Å². The maximum atomic E-state index is 11.5.